The van der Waals surface area contributed by atoms with E-state index in [2.05, 4.69) is 0 Å². The molecule has 0 N–H and O–H groups in total. The van der Waals surface area contributed by atoms with Crippen LogP contribution in [0.1, 0.15) is 9.67 Å². The Morgan fingerprint density at radius 3 is 2.72 bits per heavy atom. The Morgan fingerprint density at radius 2 is 2.06 bits per heavy atom. The molecule has 0 bridgehead atoms. The quantitative estimate of drug-likeness (QED) is 0.604. The first-order valence-corrected chi connectivity index (χ1v) is 7.10. The first-order chi connectivity index (χ1) is 8.56. The molecule has 0 amide bonds. The van der Waals surface area contributed by atoms with Gasteiger partial charge in [0.15, 0.2) is 5.78 Å². The van der Waals surface area contributed by atoms with E-state index in [4.69, 9.17) is 11.6 Å². The van der Waals surface area contributed by atoms with E-state index in [1.165, 1.54) is 11.3 Å². The number of thiophene rings is 1. The summed E-state index contributed by atoms with van der Waals surface area (Å²) in [4.78, 5) is 12.4. The number of thioether (sulfide) groups is 1. The lowest BCUT2D eigenvalue weighted by Crippen LogP contribution is -1.99. The Morgan fingerprint density at radius 1 is 1.28 bits per heavy atom. The zero-order valence-electron chi connectivity index (χ0n) is 8.95. The smallest absolute Gasteiger partial charge is 0.183 e. The van der Waals surface area contributed by atoms with Gasteiger partial charge in [-0.05, 0) is 30.3 Å². The summed E-state index contributed by atoms with van der Waals surface area (Å²) < 4.78 is 26.8. The molecule has 0 aliphatic carbocycles. The molecular formula is C12H7ClF2OS2. The number of carbonyl (C=O) groups excluding carboxylic acids is 1. The van der Waals surface area contributed by atoms with E-state index in [0.29, 0.717) is 9.21 Å². The van der Waals surface area contributed by atoms with Crippen molar-refractivity contribution >= 4 is 40.5 Å². The Kier molecular flexibility index (Phi) is 4.37. The Labute approximate surface area is 116 Å². The average molecular weight is 305 g/mol. The van der Waals surface area contributed by atoms with Crippen molar-refractivity contribution in [2.24, 2.45) is 0 Å². The third-order valence-electron chi connectivity index (χ3n) is 2.10. The van der Waals surface area contributed by atoms with E-state index in [0.717, 1.165) is 30.0 Å². The van der Waals surface area contributed by atoms with E-state index in [1.54, 1.807) is 12.1 Å². The predicted molar refractivity (Wildman–Crippen MR) is 70.7 cm³/mol. The molecule has 0 atom stereocenters. The highest BCUT2D eigenvalue weighted by Crippen LogP contribution is 2.26. The van der Waals surface area contributed by atoms with Gasteiger partial charge in [-0.15, -0.1) is 23.1 Å². The number of benzene rings is 1. The minimum absolute atomic E-state index is 0.0528. The topological polar surface area (TPSA) is 17.1 Å². The molecule has 6 heteroatoms. The predicted octanol–water partition coefficient (Wildman–Crippen LogP) is 4.65. The van der Waals surface area contributed by atoms with Gasteiger partial charge in [0.2, 0.25) is 0 Å². The molecule has 0 saturated heterocycles. The molecule has 2 aromatic rings. The van der Waals surface area contributed by atoms with Crippen LogP contribution in [0.25, 0.3) is 0 Å². The van der Waals surface area contributed by atoms with Crippen LogP contribution < -0.4 is 0 Å². The Hall–Kier alpha value is -0.910. The number of Topliss-reactive ketones (excluding diaryl/α,β-unsaturated/α-hetero) is 1. The number of hydrogen-bond acceptors (Lipinski definition) is 3. The standard InChI is InChI=1S/C12H7ClF2OS2/c13-12-4-3-10(18-12)9(16)6-17-11-5-7(14)1-2-8(11)15/h1-5H,6H2. The highest BCUT2D eigenvalue weighted by molar-refractivity contribution is 8.00. The van der Waals surface area contributed by atoms with Crippen LogP contribution in [0.5, 0.6) is 0 Å². The number of hydrogen-bond donors (Lipinski definition) is 0. The SMILES string of the molecule is O=C(CSc1cc(F)ccc1F)c1ccc(Cl)s1. The van der Waals surface area contributed by atoms with Crippen molar-refractivity contribution < 1.29 is 13.6 Å². The van der Waals surface area contributed by atoms with Gasteiger partial charge in [-0.25, -0.2) is 8.78 Å². The number of ketones is 1. The third kappa shape index (κ3) is 3.31. The van der Waals surface area contributed by atoms with Crippen molar-refractivity contribution in [3.8, 4) is 0 Å². The van der Waals surface area contributed by atoms with E-state index >= 15 is 0 Å². The Balaban J connectivity index is 2.03. The van der Waals surface area contributed by atoms with Crippen LogP contribution >= 0.6 is 34.7 Å². The van der Waals surface area contributed by atoms with Gasteiger partial charge in [0.25, 0.3) is 0 Å². The third-order valence-corrected chi connectivity index (χ3v) is 4.40. The molecular weight excluding hydrogens is 298 g/mol. The van der Waals surface area contributed by atoms with Crippen molar-refractivity contribution in [3.63, 3.8) is 0 Å². The molecule has 0 saturated carbocycles. The minimum atomic E-state index is -0.529. The summed E-state index contributed by atoms with van der Waals surface area (Å²) in [5.74, 6) is -1.15. The van der Waals surface area contributed by atoms with Crippen molar-refractivity contribution in [2.75, 3.05) is 5.75 Å². The molecule has 0 unspecified atom stereocenters. The molecule has 0 aliphatic rings. The molecule has 0 radical (unpaired) electrons. The zero-order chi connectivity index (χ0) is 13.1. The maximum atomic E-state index is 13.3. The lowest BCUT2D eigenvalue weighted by molar-refractivity contribution is 0.102. The fraction of sp³-hybridized carbons (Fsp3) is 0.0833. The molecule has 0 aliphatic heterocycles. The molecule has 1 aromatic heterocycles. The normalized spacial score (nSPS) is 10.6. The lowest BCUT2D eigenvalue weighted by atomic mass is 10.3. The van der Waals surface area contributed by atoms with Gasteiger partial charge in [0.1, 0.15) is 11.6 Å². The molecule has 1 nitrogen and oxygen atoms in total. The molecule has 0 spiro atoms. The van der Waals surface area contributed by atoms with Gasteiger partial charge in [-0.3, -0.25) is 4.79 Å². The number of carbonyl (C=O) groups is 1. The monoisotopic (exact) mass is 304 g/mol. The van der Waals surface area contributed by atoms with Gasteiger partial charge >= 0.3 is 0 Å². The Bertz CT molecular complexity index is 583. The first kappa shape index (κ1) is 13.5. The molecule has 2 rings (SSSR count). The fourth-order valence-electron chi connectivity index (χ4n) is 1.27. The van der Waals surface area contributed by atoms with Crippen LogP contribution in [0.3, 0.4) is 0 Å². The molecule has 0 fully saturated rings. The van der Waals surface area contributed by atoms with Crippen molar-refractivity contribution in [3.05, 3.63) is 51.2 Å². The van der Waals surface area contributed by atoms with Crippen molar-refractivity contribution in [2.45, 2.75) is 4.90 Å². The maximum absolute atomic E-state index is 13.3. The van der Waals surface area contributed by atoms with Gasteiger partial charge < -0.3 is 0 Å². The summed E-state index contributed by atoms with van der Waals surface area (Å²) in [5.41, 5.74) is 0. The average Bonchev–Trinajstić information content (AvgIpc) is 2.77. The summed E-state index contributed by atoms with van der Waals surface area (Å²) in [6, 6.07) is 6.42. The lowest BCUT2D eigenvalue weighted by Gasteiger charge is -2.02. The summed E-state index contributed by atoms with van der Waals surface area (Å²) in [5, 5.41) is 0. The largest absolute Gasteiger partial charge is 0.292 e. The molecule has 18 heavy (non-hydrogen) atoms. The fourth-order valence-corrected chi connectivity index (χ4v) is 3.18. The molecule has 94 valence electrons. The summed E-state index contributed by atoms with van der Waals surface area (Å²) in [7, 11) is 0. The van der Waals surface area contributed by atoms with Gasteiger partial charge in [-0.2, -0.15) is 0 Å². The first-order valence-electron chi connectivity index (χ1n) is 4.92. The minimum Gasteiger partial charge on any atom is -0.292 e. The number of rotatable bonds is 4. The highest BCUT2D eigenvalue weighted by Gasteiger charge is 2.11. The van der Waals surface area contributed by atoms with E-state index in [1.807, 2.05) is 0 Å². The highest BCUT2D eigenvalue weighted by atomic mass is 35.5. The van der Waals surface area contributed by atoms with Crippen LogP contribution in [0.15, 0.2) is 35.2 Å². The van der Waals surface area contributed by atoms with Crippen LogP contribution in [-0.2, 0) is 0 Å². The van der Waals surface area contributed by atoms with Crippen LogP contribution in [-0.4, -0.2) is 11.5 Å². The summed E-state index contributed by atoms with van der Waals surface area (Å²) in [6.45, 7) is 0. The summed E-state index contributed by atoms with van der Waals surface area (Å²) >= 11 is 7.86. The van der Waals surface area contributed by atoms with Gasteiger partial charge in [0, 0.05) is 4.90 Å². The second-order valence-corrected chi connectivity index (χ2v) is 6.12. The van der Waals surface area contributed by atoms with Crippen LogP contribution in [0.2, 0.25) is 4.34 Å². The molecule has 1 heterocycles. The number of halogens is 3. The van der Waals surface area contributed by atoms with Crippen molar-refractivity contribution in [1.82, 2.24) is 0 Å². The zero-order valence-corrected chi connectivity index (χ0v) is 11.3. The maximum Gasteiger partial charge on any atom is 0.183 e. The van der Waals surface area contributed by atoms with E-state index in [-0.39, 0.29) is 16.4 Å². The van der Waals surface area contributed by atoms with Crippen LogP contribution in [0, 0.1) is 11.6 Å². The summed E-state index contributed by atoms with van der Waals surface area (Å²) in [6.07, 6.45) is 0. The van der Waals surface area contributed by atoms with Gasteiger partial charge in [-0.1, -0.05) is 11.6 Å². The van der Waals surface area contributed by atoms with Crippen molar-refractivity contribution in [1.29, 1.82) is 0 Å². The van der Waals surface area contributed by atoms with E-state index in [9.17, 15) is 13.6 Å². The second-order valence-electron chi connectivity index (χ2n) is 3.39. The van der Waals surface area contributed by atoms with Gasteiger partial charge in [0.05, 0.1) is 15.0 Å². The molecule has 1 aromatic carbocycles. The van der Waals surface area contributed by atoms with Crippen LogP contribution in [0.4, 0.5) is 8.78 Å². The van der Waals surface area contributed by atoms with E-state index < -0.39 is 11.6 Å². The second kappa shape index (κ2) is 5.82.